The molecular formula is C8H15N3O. The van der Waals surface area contributed by atoms with E-state index in [4.69, 9.17) is 0 Å². The summed E-state index contributed by atoms with van der Waals surface area (Å²) >= 11 is 0. The summed E-state index contributed by atoms with van der Waals surface area (Å²) in [7, 11) is 1.85. The first-order valence-corrected chi connectivity index (χ1v) is 4.28. The molecule has 0 unspecified atom stereocenters. The van der Waals surface area contributed by atoms with Crippen LogP contribution in [0.4, 0.5) is 0 Å². The van der Waals surface area contributed by atoms with Gasteiger partial charge in [-0.15, -0.1) is 0 Å². The van der Waals surface area contributed by atoms with E-state index < -0.39 is 0 Å². The number of rotatable bonds is 3. The molecule has 1 aliphatic rings. The lowest BCUT2D eigenvalue weighted by Crippen LogP contribution is -2.30. The van der Waals surface area contributed by atoms with Gasteiger partial charge in [-0.25, -0.2) is 0 Å². The summed E-state index contributed by atoms with van der Waals surface area (Å²) in [4.78, 5) is 13.0. The van der Waals surface area contributed by atoms with E-state index in [0.29, 0.717) is 13.1 Å². The van der Waals surface area contributed by atoms with Gasteiger partial charge in [0.05, 0.1) is 0 Å². The highest BCUT2D eigenvalue weighted by atomic mass is 16.2. The molecule has 0 aliphatic carbocycles. The molecule has 1 aliphatic heterocycles. The molecular weight excluding hydrogens is 154 g/mol. The third-order valence-corrected chi connectivity index (χ3v) is 1.81. The van der Waals surface area contributed by atoms with Crippen LogP contribution in [0.1, 0.15) is 26.2 Å². The fourth-order valence-electron chi connectivity index (χ4n) is 1.06. The second kappa shape index (κ2) is 4.09. The first-order valence-electron chi connectivity index (χ1n) is 4.28. The van der Waals surface area contributed by atoms with E-state index in [1.807, 2.05) is 7.05 Å². The van der Waals surface area contributed by atoms with E-state index in [2.05, 4.69) is 12.0 Å². The molecule has 0 saturated heterocycles. The molecule has 0 bridgehead atoms. The van der Waals surface area contributed by atoms with E-state index >= 15 is 0 Å². The molecule has 12 heavy (non-hydrogen) atoms. The van der Waals surface area contributed by atoms with Crippen LogP contribution in [0.25, 0.3) is 0 Å². The van der Waals surface area contributed by atoms with Gasteiger partial charge >= 0.3 is 0 Å². The van der Waals surface area contributed by atoms with Gasteiger partial charge in [0.15, 0.2) is 0 Å². The maximum atomic E-state index is 11.4. The van der Waals surface area contributed by atoms with E-state index in [1.165, 1.54) is 0 Å². The van der Waals surface area contributed by atoms with Crippen molar-refractivity contribution in [2.75, 3.05) is 13.7 Å². The number of hydrazone groups is 1. The molecule has 0 radical (unpaired) electrons. The molecule has 0 spiro atoms. The lowest BCUT2D eigenvalue weighted by atomic mass is 10.2. The Morgan fingerprint density at radius 1 is 1.67 bits per heavy atom. The molecule has 0 N–H and O–H groups in total. The van der Waals surface area contributed by atoms with Crippen molar-refractivity contribution < 1.29 is 4.79 Å². The molecule has 1 rings (SSSR count). The fourth-order valence-corrected chi connectivity index (χ4v) is 1.06. The lowest BCUT2D eigenvalue weighted by molar-refractivity contribution is -0.127. The molecule has 0 fully saturated rings. The molecule has 4 heteroatoms. The van der Waals surface area contributed by atoms with Gasteiger partial charge in [0, 0.05) is 13.5 Å². The Kier molecular flexibility index (Phi) is 3.08. The van der Waals surface area contributed by atoms with Crippen molar-refractivity contribution >= 4 is 12.2 Å². The molecule has 0 aromatic rings. The normalized spacial score (nSPS) is 15.8. The topological polar surface area (TPSA) is 35.9 Å². The molecule has 0 saturated carbocycles. The Morgan fingerprint density at radius 3 is 2.92 bits per heavy atom. The van der Waals surface area contributed by atoms with Crippen LogP contribution in [0.2, 0.25) is 0 Å². The maximum Gasteiger partial charge on any atom is 0.229 e. The minimum absolute atomic E-state index is 0.171. The maximum absolute atomic E-state index is 11.4. The number of carbonyl (C=O) groups is 1. The summed E-state index contributed by atoms with van der Waals surface area (Å²) < 4.78 is 0. The Hall–Kier alpha value is -1.06. The smallest absolute Gasteiger partial charge is 0.229 e. The number of amides is 1. The van der Waals surface area contributed by atoms with Crippen LogP contribution >= 0.6 is 0 Å². The highest BCUT2D eigenvalue weighted by Crippen LogP contribution is 2.04. The molecule has 0 aromatic heterocycles. The lowest BCUT2D eigenvalue weighted by Gasteiger charge is -2.13. The zero-order chi connectivity index (χ0) is 8.97. The second-order valence-electron chi connectivity index (χ2n) is 3.00. The van der Waals surface area contributed by atoms with Crippen LogP contribution in [0.5, 0.6) is 0 Å². The zero-order valence-corrected chi connectivity index (χ0v) is 7.66. The van der Waals surface area contributed by atoms with E-state index in [1.54, 1.807) is 16.2 Å². The molecule has 4 nitrogen and oxygen atoms in total. The average molecular weight is 169 g/mol. The summed E-state index contributed by atoms with van der Waals surface area (Å²) in [6.45, 7) is 2.68. The first-order chi connectivity index (χ1) is 5.74. The largest absolute Gasteiger partial charge is 0.281 e. The monoisotopic (exact) mass is 169 g/mol. The van der Waals surface area contributed by atoms with Crippen molar-refractivity contribution in [3.63, 3.8) is 0 Å². The van der Waals surface area contributed by atoms with Crippen LogP contribution in [0.15, 0.2) is 5.10 Å². The van der Waals surface area contributed by atoms with Crippen LogP contribution in [0, 0.1) is 0 Å². The van der Waals surface area contributed by atoms with E-state index in [-0.39, 0.29) is 5.91 Å². The second-order valence-corrected chi connectivity index (χ2v) is 3.00. The highest BCUT2D eigenvalue weighted by molar-refractivity contribution is 5.88. The Labute approximate surface area is 72.8 Å². The fraction of sp³-hybridized carbons (Fsp3) is 0.750. The van der Waals surface area contributed by atoms with Gasteiger partial charge < -0.3 is 0 Å². The molecule has 1 amide bonds. The van der Waals surface area contributed by atoms with Crippen molar-refractivity contribution in [3.05, 3.63) is 0 Å². The van der Waals surface area contributed by atoms with Gasteiger partial charge in [0.25, 0.3) is 0 Å². The molecule has 1 heterocycles. The number of carbonyl (C=O) groups excluding carboxylic acids is 1. The van der Waals surface area contributed by atoms with Crippen LogP contribution < -0.4 is 0 Å². The van der Waals surface area contributed by atoms with Crippen LogP contribution in [0.3, 0.4) is 0 Å². The van der Waals surface area contributed by atoms with Gasteiger partial charge in [0.2, 0.25) is 5.91 Å². The summed E-state index contributed by atoms with van der Waals surface area (Å²) in [5, 5.41) is 5.70. The minimum atomic E-state index is 0.171. The summed E-state index contributed by atoms with van der Waals surface area (Å²) in [5.41, 5.74) is 0. The third-order valence-electron chi connectivity index (χ3n) is 1.81. The third kappa shape index (κ3) is 2.22. The minimum Gasteiger partial charge on any atom is -0.281 e. The SMILES string of the molecule is CCCCC(=O)N1C=NN(C)C1. The van der Waals surface area contributed by atoms with Crippen molar-refractivity contribution in [1.82, 2.24) is 9.91 Å². The Balaban J connectivity index is 2.29. The summed E-state index contributed by atoms with van der Waals surface area (Å²) in [5.74, 6) is 0.171. The standard InChI is InChI=1S/C8H15N3O/c1-3-4-5-8(12)11-6-9-10(2)7-11/h6H,3-5,7H2,1-2H3. The Bertz CT molecular complexity index is 191. The van der Waals surface area contributed by atoms with Crippen LogP contribution in [-0.4, -0.2) is 35.9 Å². The van der Waals surface area contributed by atoms with Gasteiger partial charge in [-0.3, -0.25) is 14.7 Å². The Morgan fingerprint density at radius 2 is 2.42 bits per heavy atom. The number of unbranched alkanes of at least 4 members (excludes halogenated alkanes) is 1. The van der Waals surface area contributed by atoms with Crippen molar-refractivity contribution in [3.8, 4) is 0 Å². The van der Waals surface area contributed by atoms with Gasteiger partial charge in [-0.2, -0.15) is 5.10 Å². The summed E-state index contributed by atoms with van der Waals surface area (Å²) in [6, 6.07) is 0. The van der Waals surface area contributed by atoms with Gasteiger partial charge in [0.1, 0.15) is 13.0 Å². The van der Waals surface area contributed by atoms with Crippen LogP contribution in [-0.2, 0) is 4.79 Å². The predicted molar refractivity (Wildman–Crippen MR) is 47.5 cm³/mol. The molecule has 0 atom stereocenters. The zero-order valence-electron chi connectivity index (χ0n) is 7.66. The van der Waals surface area contributed by atoms with Crippen molar-refractivity contribution in [1.29, 1.82) is 0 Å². The van der Waals surface area contributed by atoms with Gasteiger partial charge in [-0.1, -0.05) is 13.3 Å². The predicted octanol–water partition coefficient (Wildman–Crippen LogP) is 0.851. The van der Waals surface area contributed by atoms with E-state index in [0.717, 1.165) is 12.8 Å². The van der Waals surface area contributed by atoms with Gasteiger partial charge in [-0.05, 0) is 6.42 Å². The van der Waals surface area contributed by atoms with E-state index in [9.17, 15) is 4.79 Å². The highest BCUT2D eigenvalue weighted by Gasteiger charge is 2.16. The summed E-state index contributed by atoms with van der Waals surface area (Å²) in [6.07, 6.45) is 4.26. The number of hydrogen-bond donors (Lipinski definition) is 0. The van der Waals surface area contributed by atoms with Crippen molar-refractivity contribution in [2.24, 2.45) is 5.10 Å². The number of hydrogen-bond acceptors (Lipinski definition) is 3. The molecule has 68 valence electrons. The molecule has 0 aromatic carbocycles. The van der Waals surface area contributed by atoms with Crippen molar-refractivity contribution in [2.45, 2.75) is 26.2 Å². The average Bonchev–Trinajstić information content (AvgIpc) is 2.47. The first kappa shape index (κ1) is 9.03. The quantitative estimate of drug-likeness (QED) is 0.628. The number of nitrogens with zero attached hydrogens (tertiary/aromatic N) is 3.